The summed E-state index contributed by atoms with van der Waals surface area (Å²) in [7, 11) is 0. The van der Waals surface area contributed by atoms with Crippen molar-refractivity contribution in [3.05, 3.63) is 20.3 Å². The lowest BCUT2D eigenvalue weighted by atomic mass is 9.71. The highest BCUT2D eigenvalue weighted by Crippen LogP contribution is 2.47. The lowest BCUT2D eigenvalue weighted by molar-refractivity contribution is 0.0387. The number of aliphatic hydroxyl groups excluding tert-OH is 1. The van der Waals surface area contributed by atoms with E-state index in [1.54, 1.807) is 11.3 Å². The van der Waals surface area contributed by atoms with Crippen LogP contribution in [-0.2, 0) is 0 Å². The smallest absolute Gasteiger partial charge is 0.107 e. The minimum absolute atomic E-state index is 0.561. The highest BCUT2D eigenvalue weighted by atomic mass is 79.9. The summed E-state index contributed by atoms with van der Waals surface area (Å²) >= 11 is 5.05. The van der Waals surface area contributed by atoms with Gasteiger partial charge in [0.1, 0.15) is 6.10 Å². The third-order valence-corrected chi connectivity index (χ3v) is 5.83. The minimum atomic E-state index is -0.636. The van der Waals surface area contributed by atoms with Crippen molar-refractivity contribution in [3.63, 3.8) is 0 Å². The van der Waals surface area contributed by atoms with E-state index in [-0.39, 0.29) is 0 Å². The van der Waals surface area contributed by atoms with Crippen LogP contribution in [0.2, 0.25) is 0 Å². The van der Waals surface area contributed by atoms with Crippen molar-refractivity contribution in [2.45, 2.75) is 45.1 Å². The van der Waals surface area contributed by atoms with Gasteiger partial charge in [-0.25, -0.2) is 0 Å². The molecule has 1 atom stereocenters. The van der Waals surface area contributed by atoms with E-state index in [0.717, 1.165) is 39.9 Å². The zero-order chi connectivity index (χ0) is 12.5. The van der Waals surface area contributed by atoms with Crippen LogP contribution >= 0.6 is 27.3 Å². The predicted octanol–water partition coefficient (Wildman–Crippen LogP) is 4.33. The van der Waals surface area contributed by atoms with Crippen LogP contribution in [0.5, 0.6) is 0 Å². The first-order valence-electron chi connectivity index (χ1n) is 5.94. The second-order valence-electron chi connectivity index (χ2n) is 4.78. The van der Waals surface area contributed by atoms with Crippen LogP contribution in [0, 0.1) is 23.7 Å². The van der Waals surface area contributed by atoms with Gasteiger partial charge in [-0.2, -0.15) is 5.26 Å². The van der Waals surface area contributed by atoms with Crippen LogP contribution in [0.4, 0.5) is 0 Å². The van der Waals surface area contributed by atoms with Gasteiger partial charge in [0.2, 0.25) is 0 Å². The Bertz CT molecular complexity index is 423. The highest BCUT2D eigenvalue weighted by molar-refractivity contribution is 9.10. The van der Waals surface area contributed by atoms with Crippen molar-refractivity contribution in [1.82, 2.24) is 0 Å². The second-order valence-corrected chi connectivity index (χ2v) is 6.93. The summed E-state index contributed by atoms with van der Waals surface area (Å²) in [5.74, 6) is 0. The summed E-state index contributed by atoms with van der Waals surface area (Å²) in [6.45, 7) is 2.02. The number of thiophene rings is 1. The largest absolute Gasteiger partial charge is 0.386 e. The molecule has 2 rings (SSSR count). The molecule has 1 N–H and O–H groups in total. The first-order chi connectivity index (χ1) is 8.09. The first-order valence-corrected chi connectivity index (χ1v) is 7.55. The van der Waals surface area contributed by atoms with Crippen molar-refractivity contribution in [1.29, 1.82) is 5.26 Å². The number of hydrogen-bond donors (Lipinski definition) is 1. The molecule has 0 aliphatic heterocycles. The highest BCUT2D eigenvalue weighted by Gasteiger charge is 2.41. The summed E-state index contributed by atoms with van der Waals surface area (Å²) < 4.78 is 1.03. The number of nitriles is 1. The summed E-state index contributed by atoms with van der Waals surface area (Å²) in [5.41, 5.74) is -0.561. The van der Waals surface area contributed by atoms with E-state index in [4.69, 9.17) is 0 Å². The summed E-state index contributed by atoms with van der Waals surface area (Å²) in [6, 6.07) is 4.34. The maximum Gasteiger partial charge on any atom is 0.107 e. The van der Waals surface area contributed by atoms with Crippen LogP contribution < -0.4 is 0 Å². The number of hydrogen-bond acceptors (Lipinski definition) is 3. The molecule has 1 aromatic rings. The topological polar surface area (TPSA) is 44.0 Å². The molecule has 0 radical (unpaired) electrons. The minimum Gasteiger partial charge on any atom is -0.386 e. The second kappa shape index (κ2) is 5.09. The summed E-state index contributed by atoms with van der Waals surface area (Å²) in [5, 5.41) is 19.9. The van der Waals surface area contributed by atoms with Crippen molar-refractivity contribution < 1.29 is 5.11 Å². The lowest BCUT2D eigenvalue weighted by Gasteiger charge is -2.34. The van der Waals surface area contributed by atoms with Gasteiger partial charge in [-0.15, -0.1) is 11.3 Å². The van der Waals surface area contributed by atoms with Gasteiger partial charge < -0.3 is 5.11 Å². The summed E-state index contributed by atoms with van der Waals surface area (Å²) in [6.07, 6.45) is 4.29. The zero-order valence-corrected chi connectivity index (χ0v) is 12.3. The van der Waals surface area contributed by atoms with Gasteiger partial charge in [-0.05, 0) is 41.8 Å². The van der Waals surface area contributed by atoms with Gasteiger partial charge in [-0.3, -0.25) is 0 Å². The Hall–Kier alpha value is -0.370. The predicted molar refractivity (Wildman–Crippen MR) is 72.8 cm³/mol. The number of aryl methyl sites for hydroxylation is 1. The molecule has 1 heterocycles. The third-order valence-electron chi connectivity index (χ3n) is 3.64. The number of aliphatic hydroxyl groups is 1. The molecule has 1 aliphatic rings. The monoisotopic (exact) mass is 313 g/mol. The van der Waals surface area contributed by atoms with Gasteiger partial charge in [0.15, 0.2) is 0 Å². The lowest BCUT2D eigenvalue weighted by Crippen LogP contribution is -2.29. The SMILES string of the molecule is Cc1sc(C(O)C2(C#N)CCCCC2)cc1Br. The van der Waals surface area contributed by atoms with Crippen LogP contribution in [0.1, 0.15) is 48.0 Å². The van der Waals surface area contributed by atoms with Crippen molar-refractivity contribution in [2.24, 2.45) is 5.41 Å². The van der Waals surface area contributed by atoms with Gasteiger partial charge in [-0.1, -0.05) is 19.3 Å². The fourth-order valence-corrected chi connectivity index (χ4v) is 4.18. The summed E-state index contributed by atoms with van der Waals surface area (Å²) in [4.78, 5) is 2.07. The maximum absolute atomic E-state index is 10.5. The van der Waals surface area contributed by atoms with E-state index >= 15 is 0 Å². The van der Waals surface area contributed by atoms with Gasteiger partial charge in [0, 0.05) is 14.2 Å². The molecule has 0 saturated heterocycles. The maximum atomic E-state index is 10.5. The molecule has 0 aromatic carbocycles. The van der Waals surface area contributed by atoms with E-state index in [1.807, 2.05) is 13.0 Å². The van der Waals surface area contributed by atoms with E-state index in [2.05, 4.69) is 22.0 Å². The molecule has 2 nitrogen and oxygen atoms in total. The Balaban J connectivity index is 2.28. The Morgan fingerprint density at radius 2 is 2.12 bits per heavy atom. The van der Waals surface area contributed by atoms with Crippen LogP contribution in [0.3, 0.4) is 0 Å². The molecule has 1 fully saturated rings. The quantitative estimate of drug-likeness (QED) is 0.883. The Kier molecular flexibility index (Phi) is 3.92. The number of nitrogens with zero attached hydrogens (tertiary/aromatic N) is 1. The van der Waals surface area contributed by atoms with Crippen molar-refractivity contribution in [3.8, 4) is 6.07 Å². The van der Waals surface area contributed by atoms with Gasteiger partial charge >= 0.3 is 0 Å². The van der Waals surface area contributed by atoms with E-state index in [1.165, 1.54) is 6.42 Å². The van der Waals surface area contributed by atoms with E-state index < -0.39 is 11.5 Å². The third kappa shape index (κ3) is 2.42. The van der Waals surface area contributed by atoms with Gasteiger partial charge in [0.05, 0.1) is 11.5 Å². The van der Waals surface area contributed by atoms with Crippen LogP contribution in [-0.4, -0.2) is 5.11 Å². The fourth-order valence-electron chi connectivity index (χ4n) is 2.52. The fraction of sp³-hybridized carbons (Fsp3) is 0.615. The Labute approximate surface area is 114 Å². The molecular weight excluding hydrogens is 298 g/mol. The molecule has 4 heteroatoms. The van der Waals surface area contributed by atoms with E-state index in [9.17, 15) is 10.4 Å². The van der Waals surface area contributed by atoms with Crippen LogP contribution in [0.25, 0.3) is 0 Å². The molecule has 0 spiro atoms. The molecule has 0 bridgehead atoms. The molecule has 1 unspecified atom stereocenters. The number of halogens is 1. The average Bonchev–Trinajstić information content (AvgIpc) is 2.69. The molecule has 1 aliphatic carbocycles. The van der Waals surface area contributed by atoms with Gasteiger partial charge in [0.25, 0.3) is 0 Å². The van der Waals surface area contributed by atoms with Crippen LogP contribution in [0.15, 0.2) is 10.5 Å². The molecule has 1 aromatic heterocycles. The van der Waals surface area contributed by atoms with Crippen molar-refractivity contribution in [2.75, 3.05) is 0 Å². The normalized spacial score (nSPS) is 20.8. The first kappa shape index (κ1) is 13.1. The average molecular weight is 314 g/mol. The van der Waals surface area contributed by atoms with E-state index in [0.29, 0.717) is 0 Å². The molecule has 92 valence electrons. The molecule has 1 saturated carbocycles. The zero-order valence-electron chi connectivity index (χ0n) is 9.87. The standard InChI is InChI=1S/C13H16BrNOS/c1-9-10(14)7-11(17-9)12(16)13(8-15)5-3-2-4-6-13/h7,12,16H,2-6H2,1H3. The molecule has 17 heavy (non-hydrogen) atoms. The molecule has 0 amide bonds. The Morgan fingerprint density at radius 1 is 1.47 bits per heavy atom. The Morgan fingerprint density at radius 3 is 2.59 bits per heavy atom. The number of rotatable bonds is 2. The van der Waals surface area contributed by atoms with Crippen molar-refractivity contribution >= 4 is 27.3 Å². The molecular formula is C13H16BrNOS.